The molecule has 0 aromatic carbocycles. The number of nitrogens with zero attached hydrogens (tertiary/aromatic N) is 2. The largest absolute Gasteiger partial charge is 0.339 e. The highest BCUT2D eigenvalue weighted by molar-refractivity contribution is 5.01. The number of aryl methyl sites for hydroxylation is 1. The van der Waals surface area contributed by atoms with Gasteiger partial charge in [-0.05, 0) is 51.1 Å². The quantitative estimate of drug-likeness (QED) is 0.843. The van der Waals surface area contributed by atoms with Crippen LogP contribution in [0.5, 0.6) is 0 Å². The maximum absolute atomic E-state index is 5.25. The van der Waals surface area contributed by atoms with Crippen molar-refractivity contribution in [1.29, 1.82) is 0 Å². The van der Waals surface area contributed by atoms with Crippen LogP contribution in [0.15, 0.2) is 4.52 Å². The van der Waals surface area contributed by atoms with Gasteiger partial charge in [0.25, 0.3) is 0 Å². The third-order valence-electron chi connectivity index (χ3n) is 3.65. The Morgan fingerprint density at radius 2 is 2.00 bits per heavy atom. The minimum absolute atomic E-state index is 0.583. The van der Waals surface area contributed by atoms with Gasteiger partial charge in [-0.1, -0.05) is 5.16 Å². The summed E-state index contributed by atoms with van der Waals surface area (Å²) < 4.78 is 5.25. The van der Waals surface area contributed by atoms with Crippen LogP contribution in [0.4, 0.5) is 0 Å². The van der Waals surface area contributed by atoms with Crippen molar-refractivity contribution in [2.45, 2.75) is 44.4 Å². The van der Waals surface area contributed by atoms with Crippen LogP contribution < -0.4 is 5.32 Å². The van der Waals surface area contributed by atoms with Gasteiger partial charge in [0, 0.05) is 12.3 Å². The Labute approximate surface area is 95.8 Å². The minimum atomic E-state index is 0.583. The average molecular weight is 221 g/mol. The molecule has 1 aliphatic carbocycles. The third kappa shape index (κ3) is 2.43. The van der Waals surface area contributed by atoms with E-state index in [4.69, 9.17) is 4.52 Å². The van der Waals surface area contributed by atoms with Gasteiger partial charge in [-0.25, -0.2) is 0 Å². The zero-order valence-corrected chi connectivity index (χ0v) is 9.61. The molecule has 1 aliphatic heterocycles. The first-order valence-corrected chi connectivity index (χ1v) is 6.45. The topological polar surface area (TPSA) is 51.0 Å². The predicted octanol–water partition coefficient (Wildman–Crippen LogP) is 1.88. The number of hydrogen-bond donors (Lipinski definition) is 1. The molecule has 4 heteroatoms. The zero-order chi connectivity index (χ0) is 10.8. The van der Waals surface area contributed by atoms with E-state index in [0.29, 0.717) is 5.92 Å². The molecule has 88 valence electrons. The van der Waals surface area contributed by atoms with E-state index in [1.165, 1.54) is 45.2 Å². The van der Waals surface area contributed by atoms with Gasteiger partial charge >= 0.3 is 0 Å². The molecule has 3 rings (SSSR count). The molecule has 1 saturated heterocycles. The second-order valence-corrected chi connectivity index (χ2v) is 5.06. The van der Waals surface area contributed by atoms with Gasteiger partial charge in [0.05, 0.1) is 0 Å². The highest BCUT2D eigenvalue weighted by Gasteiger charge is 2.29. The standard InChI is InChI=1S/C12H19N3O/c1(9-5-7-13-8-6-9)4-11-14-12(16-15-11)10-2-3-10/h9-10,13H,1-8H2. The van der Waals surface area contributed by atoms with Crippen molar-refractivity contribution in [3.05, 3.63) is 11.7 Å². The summed E-state index contributed by atoms with van der Waals surface area (Å²) in [6, 6.07) is 0. The van der Waals surface area contributed by atoms with Gasteiger partial charge in [-0.15, -0.1) is 0 Å². The van der Waals surface area contributed by atoms with Crippen molar-refractivity contribution in [2.75, 3.05) is 13.1 Å². The van der Waals surface area contributed by atoms with Gasteiger partial charge in [-0.3, -0.25) is 0 Å². The van der Waals surface area contributed by atoms with Crippen molar-refractivity contribution in [3.8, 4) is 0 Å². The molecule has 1 aromatic rings. The summed E-state index contributed by atoms with van der Waals surface area (Å²) in [5.41, 5.74) is 0. The van der Waals surface area contributed by atoms with E-state index in [2.05, 4.69) is 15.5 Å². The summed E-state index contributed by atoms with van der Waals surface area (Å²) in [6.45, 7) is 2.34. The van der Waals surface area contributed by atoms with Crippen LogP contribution >= 0.6 is 0 Å². The number of aromatic nitrogens is 2. The molecule has 0 bridgehead atoms. The summed E-state index contributed by atoms with van der Waals surface area (Å²) in [6.07, 6.45) is 7.26. The van der Waals surface area contributed by atoms with Crippen molar-refractivity contribution in [2.24, 2.45) is 5.92 Å². The fourth-order valence-electron chi connectivity index (χ4n) is 2.37. The van der Waals surface area contributed by atoms with Gasteiger partial charge < -0.3 is 9.84 Å². The van der Waals surface area contributed by atoms with Crippen LogP contribution in [0.25, 0.3) is 0 Å². The van der Waals surface area contributed by atoms with E-state index in [9.17, 15) is 0 Å². The predicted molar refractivity (Wildman–Crippen MR) is 60.2 cm³/mol. The lowest BCUT2D eigenvalue weighted by Gasteiger charge is -2.21. The second-order valence-electron chi connectivity index (χ2n) is 5.06. The van der Waals surface area contributed by atoms with Crippen LogP contribution in [-0.2, 0) is 6.42 Å². The summed E-state index contributed by atoms with van der Waals surface area (Å²) in [5.74, 6) is 3.23. The summed E-state index contributed by atoms with van der Waals surface area (Å²) in [4.78, 5) is 4.46. The Bertz CT molecular complexity index is 340. The smallest absolute Gasteiger partial charge is 0.229 e. The van der Waals surface area contributed by atoms with Crippen molar-refractivity contribution < 1.29 is 4.52 Å². The van der Waals surface area contributed by atoms with Crippen LogP contribution in [0.2, 0.25) is 0 Å². The molecule has 2 fully saturated rings. The van der Waals surface area contributed by atoms with Crippen LogP contribution in [0.1, 0.15) is 49.7 Å². The second kappa shape index (κ2) is 4.53. The fraction of sp³-hybridized carbons (Fsp3) is 0.833. The van der Waals surface area contributed by atoms with E-state index < -0.39 is 0 Å². The molecule has 0 atom stereocenters. The van der Waals surface area contributed by atoms with E-state index in [1.807, 2.05) is 0 Å². The Kier molecular flexibility index (Phi) is 2.91. The van der Waals surface area contributed by atoms with E-state index in [1.54, 1.807) is 0 Å². The van der Waals surface area contributed by atoms with Crippen molar-refractivity contribution in [1.82, 2.24) is 15.5 Å². The van der Waals surface area contributed by atoms with Crippen LogP contribution in [0, 0.1) is 5.92 Å². The molecule has 0 unspecified atom stereocenters. The first-order valence-electron chi connectivity index (χ1n) is 6.45. The molecular formula is C12H19N3O. The summed E-state index contributed by atoms with van der Waals surface area (Å²) in [7, 11) is 0. The number of hydrogen-bond acceptors (Lipinski definition) is 4. The molecule has 1 saturated carbocycles. The van der Waals surface area contributed by atoms with Crippen LogP contribution in [-0.4, -0.2) is 23.2 Å². The number of rotatable bonds is 4. The lowest BCUT2D eigenvalue weighted by Crippen LogP contribution is -2.27. The fourth-order valence-corrected chi connectivity index (χ4v) is 2.37. The third-order valence-corrected chi connectivity index (χ3v) is 3.65. The lowest BCUT2D eigenvalue weighted by atomic mass is 9.93. The molecular weight excluding hydrogens is 202 g/mol. The van der Waals surface area contributed by atoms with E-state index in [0.717, 1.165) is 24.1 Å². The molecule has 0 amide bonds. The SMILES string of the molecule is C1CC(CCc2noc(C3CC3)n2)CCN1. The molecule has 2 heterocycles. The Balaban J connectivity index is 1.49. The normalized spacial score (nSPS) is 22.5. The zero-order valence-electron chi connectivity index (χ0n) is 9.61. The Morgan fingerprint density at radius 3 is 2.75 bits per heavy atom. The highest BCUT2D eigenvalue weighted by atomic mass is 16.5. The van der Waals surface area contributed by atoms with Crippen LogP contribution in [0.3, 0.4) is 0 Å². The first-order chi connectivity index (χ1) is 7.92. The molecule has 16 heavy (non-hydrogen) atoms. The van der Waals surface area contributed by atoms with E-state index >= 15 is 0 Å². The molecule has 4 nitrogen and oxygen atoms in total. The van der Waals surface area contributed by atoms with Gasteiger partial charge in [-0.2, -0.15) is 4.98 Å². The van der Waals surface area contributed by atoms with Gasteiger partial charge in [0.15, 0.2) is 5.82 Å². The molecule has 0 spiro atoms. The summed E-state index contributed by atoms with van der Waals surface area (Å²) >= 11 is 0. The first kappa shape index (κ1) is 10.3. The lowest BCUT2D eigenvalue weighted by molar-refractivity contribution is 0.345. The minimum Gasteiger partial charge on any atom is -0.339 e. The van der Waals surface area contributed by atoms with E-state index in [-0.39, 0.29) is 0 Å². The molecule has 0 radical (unpaired) electrons. The Hall–Kier alpha value is -0.900. The van der Waals surface area contributed by atoms with Crippen molar-refractivity contribution >= 4 is 0 Å². The molecule has 2 aliphatic rings. The molecule has 1 aromatic heterocycles. The van der Waals surface area contributed by atoms with Gasteiger partial charge in [0.2, 0.25) is 5.89 Å². The monoisotopic (exact) mass is 221 g/mol. The average Bonchev–Trinajstić information content (AvgIpc) is 3.08. The Morgan fingerprint density at radius 1 is 1.19 bits per heavy atom. The highest BCUT2D eigenvalue weighted by Crippen LogP contribution is 2.38. The van der Waals surface area contributed by atoms with Crippen molar-refractivity contribution in [3.63, 3.8) is 0 Å². The van der Waals surface area contributed by atoms with Gasteiger partial charge in [0.1, 0.15) is 0 Å². The number of nitrogens with one attached hydrogen (secondary N) is 1. The summed E-state index contributed by atoms with van der Waals surface area (Å²) in [5, 5.41) is 7.45. The number of piperidine rings is 1. The maximum atomic E-state index is 5.25. The maximum Gasteiger partial charge on any atom is 0.229 e. The molecule has 1 N–H and O–H groups in total.